The average molecular weight is 351 g/mol. The monoisotopic (exact) mass is 350 g/mol. The van der Waals surface area contributed by atoms with Crippen molar-refractivity contribution in [2.24, 2.45) is 0 Å². The minimum atomic E-state index is 1.06. The topological polar surface area (TPSA) is 0 Å². The molecule has 0 aliphatic heterocycles. The number of halogens is 1. The van der Waals surface area contributed by atoms with Gasteiger partial charge in [0.15, 0.2) is 0 Å². The fourth-order valence-electron chi connectivity index (χ4n) is 3.41. The van der Waals surface area contributed by atoms with Gasteiger partial charge < -0.3 is 0 Å². The molecular weight excluding hydrogens is 340 g/mol. The molecule has 1 aliphatic carbocycles. The zero-order valence-electron chi connectivity index (χ0n) is 11.2. The summed E-state index contributed by atoms with van der Waals surface area (Å²) in [5.74, 6) is 0. The molecule has 1 aliphatic rings. The zero-order valence-corrected chi connectivity index (χ0v) is 13.6. The van der Waals surface area contributed by atoms with Crippen LogP contribution in [-0.2, 0) is 6.42 Å². The van der Waals surface area contributed by atoms with E-state index >= 15 is 0 Å². The molecule has 0 fully saturated rings. The summed E-state index contributed by atoms with van der Waals surface area (Å²) >= 11 is 5.54. The maximum absolute atomic E-state index is 3.62. The third-order valence-corrected chi connectivity index (χ3v) is 6.05. The van der Waals surface area contributed by atoms with Crippen molar-refractivity contribution in [3.63, 3.8) is 0 Å². The van der Waals surface area contributed by atoms with Crippen molar-refractivity contribution in [3.8, 4) is 11.1 Å². The standard InChI is InChI=1S/C19H11BrS/c20-13-7-5-11-9-12-6-8-15-14-3-1-2-4-17(14)21-19(15)18(12)16(11)10-13/h1-8,10H,9H2. The van der Waals surface area contributed by atoms with E-state index < -0.39 is 0 Å². The Labute approximate surface area is 135 Å². The maximum Gasteiger partial charge on any atom is 0.0436 e. The number of thiophene rings is 1. The Bertz CT molecular complexity index is 1030. The molecule has 0 nitrogen and oxygen atoms in total. The van der Waals surface area contributed by atoms with Gasteiger partial charge >= 0.3 is 0 Å². The minimum Gasteiger partial charge on any atom is -0.135 e. The SMILES string of the molecule is Brc1ccc2c(c1)-c1c(ccc3c1sc1ccccc13)C2. The summed E-state index contributed by atoms with van der Waals surface area (Å²) in [4.78, 5) is 0. The Morgan fingerprint density at radius 1 is 0.857 bits per heavy atom. The number of hydrogen-bond acceptors (Lipinski definition) is 1. The van der Waals surface area contributed by atoms with Crippen molar-refractivity contribution in [2.75, 3.05) is 0 Å². The van der Waals surface area contributed by atoms with E-state index in [9.17, 15) is 0 Å². The molecule has 0 atom stereocenters. The van der Waals surface area contributed by atoms with Crippen molar-refractivity contribution in [1.82, 2.24) is 0 Å². The summed E-state index contributed by atoms with van der Waals surface area (Å²) in [5.41, 5.74) is 5.75. The van der Waals surface area contributed by atoms with Gasteiger partial charge in [0.1, 0.15) is 0 Å². The Morgan fingerprint density at radius 3 is 2.67 bits per heavy atom. The maximum atomic E-state index is 3.62. The Kier molecular flexibility index (Phi) is 2.38. The van der Waals surface area contributed by atoms with E-state index in [1.807, 2.05) is 11.3 Å². The highest BCUT2D eigenvalue weighted by molar-refractivity contribution is 9.10. The molecule has 4 aromatic rings. The predicted octanol–water partition coefficient (Wildman–Crippen LogP) is 6.39. The van der Waals surface area contributed by atoms with Gasteiger partial charge in [-0.2, -0.15) is 0 Å². The highest BCUT2D eigenvalue weighted by Crippen LogP contribution is 2.47. The highest BCUT2D eigenvalue weighted by atomic mass is 79.9. The molecule has 2 heteroatoms. The molecule has 0 unspecified atom stereocenters. The van der Waals surface area contributed by atoms with Crippen LogP contribution in [0.25, 0.3) is 31.3 Å². The highest BCUT2D eigenvalue weighted by Gasteiger charge is 2.22. The molecule has 3 aromatic carbocycles. The van der Waals surface area contributed by atoms with Gasteiger partial charge in [0.05, 0.1) is 0 Å². The fraction of sp³-hybridized carbons (Fsp3) is 0.0526. The van der Waals surface area contributed by atoms with Crippen LogP contribution in [0.4, 0.5) is 0 Å². The normalized spacial score (nSPS) is 12.8. The summed E-state index contributed by atoms with van der Waals surface area (Å²) in [6.45, 7) is 0. The first-order valence-electron chi connectivity index (χ1n) is 7.03. The van der Waals surface area contributed by atoms with Gasteiger partial charge in [-0.15, -0.1) is 11.3 Å². The van der Waals surface area contributed by atoms with Gasteiger partial charge in [-0.05, 0) is 41.3 Å². The van der Waals surface area contributed by atoms with Crippen LogP contribution in [0.3, 0.4) is 0 Å². The van der Waals surface area contributed by atoms with Crippen LogP contribution in [0.1, 0.15) is 11.1 Å². The lowest BCUT2D eigenvalue weighted by Crippen LogP contribution is -1.78. The zero-order chi connectivity index (χ0) is 14.0. The van der Waals surface area contributed by atoms with Crippen LogP contribution < -0.4 is 0 Å². The number of rotatable bonds is 0. The van der Waals surface area contributed by atoms with Crippen LogP contribution in [-0.4, -0.2) is 0 Å². The van der Waals surface area contributed by atoms with Crippen LogP contribution in [0.5, 0.6) is 0 Å². The average Bonchev–Trinajstić information content (AvgIpc) is 3.04. The predicted molar refractivity (Wildman–Crippen MR) is 95.3 cm³/mol. The van der Waals surface area contributed by atoms with Gasteiger partial charge in [-0.25, -0.2) is 0 Å². The lowest BCUT2D eigenvalue weighted by molar-refractivity contribution is 1.27. The molecule has 0 N–H and O–H groups in total. The number of hydrogen-bond donors (Lipinski definition) is 0. The van der Waals surface area contributed by atoms with Crippen molar-refractivity contribution in [2.45, 2.75) is 6.42 Å². The molecule has 5 rings (SSSR count). The summed E-state index contributed by atoms with van der Waals surface area (Å²) < 4.78 is 3.97. The Hall–Kier alpha value is -1.64. The van der Waals surface area contributed by atoms with E-state index in [1.165, 1.54) is 42.4 Å². The van der Waals surface area contributed by atoms with Crippen LogP contribution in [0.2, 0.25) is 0 Å². The van der Waals surface area contributed by atoms with Crippen molar-refractivity contribution in [1.29, 1.82) is 0 Å². The summed E-state index contributed by atoms with van der Waals surface area (Å²) in [6, 6.07) is 20.0. The first-order valence-corrected chi connectivity index (χ1v) is 8.64. The fourth-order valence-corrected chi connectivity index (χ4v) is 5.06. The molecule has 0 radical (unpaired) electrons. The molecule has 0 spiro atoms. The molecular formula is C19H11BrS. The molecule has 1 aromatic heterocycles. The largest absolute Gasteiger partial charge is 0.135 e. The van der Waals surface area contributed by atoms with E-state index in [-0.39, 0.29) is 0 Å². The van der Waals surface area contributed by atoms with E-state index in [2.05, 4.69) is 70.5 Å². The second-order valence-electron chi connectivity index (χ2n) is 5.55. The van der Waals surface area contributed by atoms with Gasteiger partial charge in [0.25, 0.3) is 0 Å². The second-order valence-corrected chi connectivity index (χ2v) is 7.52. The lowest BCUT2D eigenvalue weighted by atomic mass is 10.0. The van der Waals surface area contributed by atoms with E-state index in [0.29, 0.717) is 0 Å². The van der Waals surface area contributed by atoms with Gasteiger partial charge in [0.2, 0.25) is 0 Å². The van der Waals surface area contributed by atoms with Crippen LogP contribution in [0.15, 0.2) is 59.1 Å². The van der Waals surface area contributed by atoms with E-state index in [4.69, 9.17) is 0 Å². The number of benzene rings is 3. The second kappa shape index (κ2) is 4.19. The van der Waals surface area contributed by atoms with Gasteiger partial charge in [-0.1, -0.05) is 52.3 Å². The molecule has 21 heavy (non-hydrogen) atoms. The third kappa shape index (κ3) is 1.60. The molecule has 0 amide bonds. The molecule has 1 heterocycles. The first kappa shape index (κ1) is 12.0. The minimum absolute atomic E-state index is 1.06. The van der Waals surface area contributed by atoms with Crippen molar-refractivity contribution < 1.29 is 0 Å². The van der Waals surface area contributed by atoms with Crippen LogP contribution >= 0.6 is 27.3 Å². The summed E-state index contributed by atoms with van der Waals surface area (Å²) in [6.07, 6.45) is 1.06. The van der Waals surface area contributed by atoms with Crippen molar-refractivity contribution in [3.05, 3.63) is 70.2 Å². The summed E-state index contributed by atoms with van der Waals surface area (Å²) in [7, 11) is 0. The van der Waals surface area contributed by atoms with Gasteiger partial charge in [0, 0.05) is 30.2 Å². The molecule has 0 saturated carbocycles. The number of fused-ring (bicyclic) bond motifs is 7. The van der Waals surface area contributed by atoms with E-state index in [0.717, 1.165) is 10.9 Å². The van der Waals surface area contributed by atoms with E-state index in [1.54, 1.807) is 0 Å². The Morgan fingerprint density at radius 2 is 1.71 bits per heavy atom. The third-order valence-electron chi connectivity index (χ3n) is 4.36. The molecule has 0 saturated heterocycles. The lowest BCUT2D eigenvalue weighted by Gasteiger charge is -2.03. The molecule has 100 valence electrons. The first-order chi connectivity index (χ1) is 10.3. The van der Waals surface area contributed by atoms with Crippen LogP contribution in [0, 0.1) is 0 Å². The smallest absolute Gasteiger partial charge is 0.0436 e. The Balaban J connectivity index is 1.97. The van der Waals surface area contributed by atoms with Crippen molar-refractivity contribution >= 4 is 47.4 Å². The molecule has 0 bridgehead atoms. The quantitative estimate of drug-likeness (QED) is 0.303. The summed E-state index contributed by atoms with van der Waals surface area (Å²) in [5, 5.41) is 2.77. The van der Waals surface area contributed by atoms with Gasteiger partial charge in [-0.3, -0.25) is 0 Å².